The summed E-state index contributed by atoms with van der Waals surface area (Å²) < 4.78 is 5.33. The highest BCUT2D eigenvalue weighted by molar-refractivity contribution is 5.60. The highest BCUT2D eigenvalue weighted by Gasteiger charge is 2.35. The predicted octanol–water partition coefficient (Wildman–Crippen LogP) is 5.63. The Labute approximate surface area is 149 Å². The van der Waals surface area contributed by atoms with E-state index in [4.69, 9.17) is 4.74 Å². The van der Waals surface area contributed by atoms with Crippen LogP contribution in [0.5, 0.6) is 5.75 Å². The number of hydrogen-bond donors (Lipinski definition) is 1. The molecule has 1 N–H and O–H groups in total. The zero-order valence-electron chi connectivity index (χ0n) is 14.6. The Kier molecular flexibility index (Phi) is 4.19. The van der Waals surface area contributed by atoms with Crippen molar-refractivity contribution in [1.82, 2.24) is 0 Å². The highest BCUT2D eigenvalue weighted by atomic mass is 16.5. The molecular weight excluding hydrogens is 306 g/mol. The van der Waals surface area contributed by atoms with Crippen LogP contribution in [0, 0.1) is 5.92 Å². The molecule has 126 valence electrons. The minimum atomic E-state index is 0.295. The van der Waals surface area contributed by atoms with Gasteiger partial charge < -0.3 is 10.1 Å². The first kappa shape index (κ1) is 15.8. The second kappa shape index (κ2) is 6.64. The SMILES string of the molecule is COc1ccc([C@H]2c3ccccc3N[C@H](c3ccccc3)[C@H]2C)cc1. The van der Waals surface area contributed by atoms with E-state index >= 15 is 0 Å². The second-order valence-corrected chi connectivity index (χ2v) is 6.73. The number of rotatable bonds is 3. The summed E-state index contributed by atoms with van der Waals surface area (Å²) in [5, 5.41) is 3.76. The molecule has 0 saturated carbocycles. The Morgan fingerprint density at radius 1 is 0.760 bits per heavy atom. The van der Waals surface area contributed by atoms with E-state index in [1.165, 1.54) is 22.4 Å². The van der Waals surface area contributed by atoms with Crippen LogP contribution >= 0.6 is 0 Å². The van der Waals surface area contributed by atoms with Crippen molar-refractivity contribution in [3.63, 3.8) is 0 Å². The number of nitrogens with one attached hydrogen (secondary N) is 1. The third kappa shape index (κ3) is 2.89. The minimum Gasteiger partial charge on any atom is -0.497 e. The summed E-state index contributed by atoms with van der Waals surface area (Å²) in [6.45, 7) is 2.34. The average molecular weight is 329 g/mol. The monoisotopic (exact) mass is 329 g/mol. The molecule has 3 aromatic rings. The summed E-state index contributed by atoms with van der Waals surface area (Å²) in [4.78, 5) is 0. The first-order chi connectivity index (χ1) is 12.3. The zero-order valence-corrected chi connectivity index (χ0v) is 14.6. The fourth-order valence-corrected chi connectivity index (χ4v) is 4.02. The van der Waals surface area contributed by atoms with Gasteiger partial charge >= 0.3 is 0 Å². The molecule has 0 unspecified atom stereocenters. The lowest BCUT2D eigenvalue weighted by molar-refractivity contribution is 0.412. The van der Waals surface area contributed by atoms with Gasteiger partial charge in [0.15, 0.2) is 0 Å². The Hall–Kier alpha value is -2.74. The van der Waals surface area contributed by atoms with Gasteiger partial charge in [-0.3, -0.25) is 0 Å². The molecule has 2 nitrogen and oxygen atoms in total. The van der Waals surface area contributed by atoms with E-state index in [-0.39, 0.29) is 0 Å². The highest BCUT2D eigenvalue weighted by Crippen LogP contribution is 2.47. The largest absolute Gasteiger partial charge is 0.497 e. The fourth-order valence-electron chi connectivity index (χ4n) is 4.02. The summed E-state index contributed by atoms with van der Waals surface area (Å²) in [5.74, 6) is 1.69. The van der Waals surface area contributed by atoms with Gasteiger partial charge in [-0.25, -0.2) is 0 Å². The van der Waals surface area contributed by atoms with Gasteiger partial charge in [-0.05, 0) is 40.8 Å². The van der Waals surface area contributed by atoms with Crippen LogP contribution in [0.2, 0.25) is 0 Å². The Morgan fingerprint density at radius 2 is 1.44 bits per heavy atom. The van der Waals surface area contributed by atoms with Crippen molar-refractivity contribution in [2.24, 2.45) is 5.92 Å². The Bertz CT molecular complexity index is 841. The van der Waals surface area contributed by atoms with Crippen molar-refractivity contribution in [2.75, 3.05) is 12.4 Å². The molecule has 2 heteroatoms. The molecule has 1 heterocycles. The summed E-state index contributed by atoms with van der Waals surface area (Å²) in [7, 11) is 1.71. The van der Waals surface area contributed by atoms with E-state index in [2.05, 4.69) is 91.1 Å². The number of benzene rings is 3. The molecule has 25 heavy (non-hydrogen) atoms. The summed E-state index contributed by atoms with van der Waals surface area (Å²) in [5.41, 5.74) is 5.27. The van der Waals surface area contributed by atoms with E-state index in [9.17, 15) is 0 Å². The molecule has 1 aliphatic heterocycles. The number of methoxy groups -OCH3 is 1. The second-order valence-electron chi connectivity index (χ2n) is 6.73. The molecule has 3 aromatic carbocycles. The van der Waals surface area contributed by atoms with Gasteiger partial charge in [-0.15, -0.1) is 0 Å². The molecule has 1 aliphatic rings. The van der Waals surface area contributed by atoms with Crippen LogP contribution in [-0.4, -0.2) is 7.11 Å². The predicted molar refractivity (Wildman–Crippen MR) is 103 cm³/mol. The van der Waals surface area contributed by atoms with Crippen molar-refractivity contribution in [3.05, 3.63) is 95.6 Å². The molecule has 0 amide bonds. The Balaban J connectivity index is 1.80. The van der Waals surface area contributed by atoms with E-state index in [1.54, 1.807) is 7.11 Å². The smallest absolute Gasteiger partial charge is 0.118 e. The number of hydrogen-bond acceptors (Lipinski definition) is 2. The molecule has 3 atom stereocenters. The minimum absolute atomic E-state index is 0.295. The van der Waals surface area contributed by atoms with E-state index in [0.29, 0.717) is 17.9 Å². The quantitative estimate of drug-likeness (QED) is 0.672. The van der Waals surface area contributed by atoms with Crippen molar-refractivity contribution in [2.45, 2.75) is 18.9 Å². The molecular formula is C23H23NO. The van der Waals surface area contributed by atoms with Gasteiger partial charge in [-0.2, -0.15) is 0 Å². The van der Waals surface area contributed by atoms with Crippen molar-refractivity contribution in [1.29, 1.82) is 0 Å². The lowest BCUT2D eigenvalue weighted by Crippen LogP contribution is -2.30. The van der Waals surface area contributed by atoms with Crippen molar-refractivity contribution >= 4 is 5.69 Å². The van der Waals surface area contributed by atoms with Crippen molar-refractivity contribution < 1.29 is 4.74 Å². The average Bonchev–Trinajstić information content (AvgIpc) is 2.68. The normalized spacial score (nSPS) is 21.9. The topological polar surface area (TPSA) is 21.3 Å². The molecule has 0 bridgehead atoms. The number of para-hydroxylation sites is 1. The summed E-state index contributed by atoms with van der Waals surface area (Å²) in [6, 6.07) is 28.2. The molecule has 0 radical (unpaired) electrons. The van der Waals surface area contributed by atoms with Crippen LogP contribution in [0.15, 0.2) is 78.9 Å². The van der Waals surface area contributed by atoms with Crippen molar-refractivity contribution in [3.8, 4) is 5.75 Å². The third-order valence-corrected chi connectivity index (χ3v) is 5.29. The van der Waals surface area contributed by atoms with Crippen LogP contribution in [0.3, 0.4) is 0 Å². The third-order valence-electron chi connectivity index (χ3n) is 5.29. The van der Waals surface area contributed by atoms with Crippen LogP contribution in [-0.2, 0) is 0 Å². The molecule has 0 fully saturated rings. The fraction of sp³-hybridized carbons (Fsp3) is 0.217. The molecule has 0 spiro atoms. The summed E-state index contributed by atoms with van der Waals surface area (Å²) >= 11 is 0. The maximum absolute atomic E-state index is 5.33. The van der Waals surface area contributed by atoms with Crippen LogP contribution in [0.4, 0.5) is 5.69 Å². The number of anilines is 1. The van der Waals surface area contributed by atoms with E-state index in [0.717, 1.165) is 5.75 Å². The van der Waals surface area contributed by atoms with Gasteiger partial charge in [0.1, 0.15) is 5.75 Å². The molecule has 0 saturated heterocycles. The van der Waals surface area contributed by atoms with Gasteiger partial charge in [0, 0.05) is 11.6 Å². The van der Waals surface area contributed by atoms with E-state index < -0.39 is 0 Å². The first-order valence-corrected chi connectivity index (χ1v) is 8.82. The van der Waals surface area contributed by atoms with Gasteiger partial charge in [-0.1, -0.05) is 67.6 Å². The molecule has 4 rings (SSSR count). The number of fused-ring (bicyclic) bond motifs is 1. The van der Waals surface area contributed by atoms with E-state index in [1.807, 2.05) is 0 Å². The lowest BCUT2D eigenvalue weighted by atomic mass is 9.73. The van der Waals surface area contributed by atoms with Gasteiger partial charge in [0.05, 0.1) is 13.2 Å². The maximum atomic E-state index is 5.33. The Morgan fingerprint density at radius 3 is 2.16 bits per heavy atom. The van der Waals surface area contributed by atoms with Crippen LogP contribution in [0.1, 0.15) is 35.6 Å². The van der Waals surface area contributed by atoms with Gasteiger partial charge in [0.2, 0.25) is 0 Å². The van der Waals surface area contributed by atoms with Gasteiger partial charge in [0.25, 0.3) is 0 Å². The number of ether oxygens (including phenoxy) is 1. The first-order valence-electron chi connectivity index (χ1n) is 8.82. The zero-order chi connectivity index (χ0) is 17.2. The van der Waals surface area contributed by atoms with Crippen LogP contribution < -0.4 is 10.1 Å². The maximum Gasteiger partial charge on any atom is 0.118 e. The lowest BCUT2D eigenvalue weighted by Gasteiger charge is -2.39. The van der Waals surface area contributed by atoms with Crippen LogP contribution in [0.25, 0.3) is 0 Å². The molecule has 0 aromatic heterocycles. The standard InChI is InChI=1S/C23H23NO/c1-16-22(17-12-14-19(25-2)15-13-17)20-10-6-7-11-21(20)24-23(16)18-8-4-3-5-9-18/h3-16,22-24H,1-2H3/t16-,22-,23-/m0/s1. The molecule has 0 aliphatic carbocycles. The summed E-state index contributed by atoms with van der Waals surface area (Å²) in [6.07, 6.45) is 0.